The number of rotatable bonds is 10. The second-order valence-corrected chi connectivity index (χ2v) is 11.7. The molecule has 0 aromatic heterocycles. The number of benzene rings is 1. The van der Waals surface area contributed by atoms with E-state index in [1.165, 1.54) is 6.08 Å². The van der Waals surface area contributed by atoms with Crippen LogP contribution >= 0.6 is 0 Å². The van der Waals surface area contributed by atoms with Crippen molar-refractivity contribution in [3.8, 4) is 0 Å². The van der Waals surface area contributed by atoms with Crippen LogP contribution < -0.4 is 0 Å². The van der Waals surface area contributed by atoms with Crippen molar-refractivity contribution in [2.75, 3.05) is 39.4 Å². The van der Waals surface area contributed by atoms with Gasteiger partial charge in [-0.3, -0.25) is 4.79 Å². The monoisotopic (exact) mass is 564 g/mol. The Labute approximate surface area is 242 Å². The number of aromatic carboxylic acids is 1. The van der Waals surface area contributed by atoms with Gasteiger partial charge in [-0.05, 0) is 87.5 Å². The van der Waals surface area contributed by atoms with Gasteiger partial charge < -0.3 is 24.4 Å². The first kappa shape index (κ1) is 29.1. The average molecular weight is 565 g/mol. The molecule has 2 saturated heterocycles. The summed E-state index contributed by atoms with van der Waals surface area (Å²) < 4.78 is 25.9. The molecule has 220 valence electrons. The molecule has 2 fully saturated rings. The van der Waals surface area contributed by atoms with Gasteiger partial charge in [-0.1, -0.05) is 18.2 Å². The topological polar surface area (TPSA) is 79.3 Å². The number of likely N-dealkylation sites (tertiary alicyclic amines) is 2. The first-order valence-electron chi connectivity index (χ1n) is 14.9. The van der Waals surface area contributed by atoms with Crippen LogP contribution in [-0.2, 0) is 20.8 Å². The molecule has 1 aromatic carbocycles. The molecule has 5 rings (SSSR count). The van der Waals surface area contributed by atoms with Crippen LogP contribution in [0.2, 0.25) is 0 Å². The van der Waals surface area contributed by atoms with Gasteiger partial charge in [-0.2, -0.15) is 0 Å². The van der Waals surface area contributed by atoms with Crippen molar-refractivity contribution in [1.29, 1.82) is 0 Å². The summed E-state index contributed by atoms with van der Waals surface area (Å²) >= 11 is 0. The third-order valence-electron chi connectivity index (χ3n) is 8.81. The lowest BCUT2D eigenvalue weighted by Crippen LogP contribution is -2.43. The van der Waals surface area contributed by atoms with Gasteiger partial charge in [0.05, 0.1) is 18.8 Å². The van der Waals surface area contributed by atoms with Gasteiger partial charge in [0.1, 0.15) is 17.3 Å². The maximum absolute atomic E-state index is 13.7. The van der Waals surface area contributed by atoms with E-state index in [1.54, 1.807) is 24.3 Å². The number of carboxylic acids is 1. The van der Waals surface area contributed by atoms with E-state index in [2.05, 4.69) is 11.0 Å². The number of carbonyl (C=O) groups excluding carboxylic acids is 1. The second-order valence-electron chi connectivity index (χ2n) is 11.7. The summed E-state index contributed by atoms with van der Waals surface area (Å²) in [5.41, 5.74) is 2.12. The minimum absolute atomic E-state index is 0.0173. The average Bonchev–Trinajstić information content (AvgIpc) is 3.25. The fraction of sp³-hybridized carbons (Fsp3) is 0.515. The highest BCUT2D eigenvalue weighted by Gasteiger charge is 2.45. The molecule has 41 heavy (non-hydrogen) atoms. The van der Waals surface area contributed by atoms with Crippen molar-refractivity contribution < 1.29 is 28.6 Å². The minimum atomic E-state index is -0.955. The Morgan fingerprint density at radius 1 is 1.17 bits per heavy atom. The lowest BCUT2D eigenvalue weighted by molar-refractivity contribution is -0.128. The Bertz CT molecular complexity index is 1270. The van der Waals surface area contributed by atoms with Crippen molar-refractivity contribution in [2.45, 2.75) is 52.5 Å². The van der Waals surface area contributed by atoms with Crippen LogP contribution in [0.15, 0.2) is 71.5 Å². The zero-order chi connectivity index (χ0) is 29.0. The number of piperidine rings is 1. The zero-order valence-corrected chi connectivity index (χ0v) is 24.1. The molecular formula is C33H41FN2O5. The van der Waals surface area contributed by atoms with E-state index in [9.17, 15) is 19.1 Å². The summed E-state index contributed by atoms with van der Waals surface area (Å²) in [7, 11) is 0. The number of nitrogens with zero attached hydrogens (tertiary/aromatic N) is 2. The van der Waals surface area contributed by atoms with Crippen LogP contribution in [-0.4, -0.2) is 66.2 Å². The molecule has 2 unspecified atom stereocenters. The van der Waals surface area contributed by atoms with Gasteiger partial charge in [0.2, 0.25) is 5.91 Å². The molecule has 8 heteroatoms. The highest BCUT2D eigenvalue weighted by molar-refractivity contribution is 5.87. The number of carbonyl (C=O) groups is 2. The van der Waals surface area contributed by atoms with Crippen LogP contribution in [0, 0.1) is 17.3 Å². The number of hydrogen-bond donors (Lipinski definition) is 1. The van der Waals surface area contributed by atoms with Gasteiger partial charge in [-0.15, -0.1) is 0 Å². The van der Waals surface area contributed by atoms with Gasteiger partial charge in [0, 0.05) is 49.9 Å². The summed E-state index contributed by atoms with van der Waals surface area (Å²) in [6.45, 7) is 9.03. The second kappa shape index (κ2) is 12.6. The summed E-state index contributed by atoms with van der Waals surface area (Å²) in [6, 6.07) is 6.86. The minimum Gasteiger partial charge on any atom is -0.498 e. The highest BCUT2D eigenvalue weighted by Crippen LogP contribution is 2.43. The number of ether oxygens (including phenoxy) is 2. The lowest BCUT2D eigenvalue weighted by Gasteiger charge is -2.40. The maximum atomic E-state index is 13.7. The molecule has 2 heterocycles. The molecule has 0 radical (unpaired) electrons. The van der Waals surface area contributed by atoms with Crippen molar-refractivity contribution in [3.63, 3.8) is 0 Å². The van der Waals surface area contributed by atoms with E-state index in [0.29, 0.717) is 32.6 Å². The van der Waals surface area contributed by atoms with Crippen LogP contribution in [0.4, 0.5) is 4.39 Å². The molecule has 1 amide bonds. The normalized spacial score (nSPS) is 24.5. The molecule has 2 aliphatic heterocycles. The SMILES string of the molecule is CCOC1=CC(CN2CCC3(CC2)CC(=O)N(Cc2cccc(C(=O)O)c2)C3)CC(OCC)=C1C1C=CC(F)=CC1. The number of hydrogen-bond acceptors (Lipinski definition) is 5. The lowest BCUT2D eigenvalue weighted by atomic mass is 9.77. The predicted molar refractivity (Wildman–Crippen MR) is 154 cm³/mol. The molecule has 2 atom stereocenters. The smallest absolute Gasteiger partial charge is 0.335 e. The Kier molecular flexibility index (Phi) is 8.97. The van der Waals surface area contributed by atoms with E-state index >= 15 is 0 Å². The Morgan fingerprint density at radius 2 is 1.95 bits per heavy atom. The number of allylic oxidation sites excluding steroid dienone is 6. The Hall–Kier alpha value is -3.39. The van der Waals surface area contributed by atoms with E-state index in [-0.39, 0.29) is 34.5 Å². The Morgan fingerprint density at radius 3 is 2.63 bits per heavy atom. The van der Waals surface area contributed by atoms with Crippen molar-refractivity contribution >= 4 is 11.9 Å². The largest absolute Gasteiger partial charge is 0.498 e. The first-order chi connectivity index (χ1) is 19.8. The molecule has 0 saturated carbocycles. The van der Waals surface area contributed by atoms with Gasteiger partial charge in [0.15, 0.2) is 0 Å². The molecule has 7 nitrogen and oxygen atoms in total. The number of halogens is 1. The summed E-state index contributed by atoms with van der Waals surface area (Å²) in [6.07, 6.45) is 11.2. The van der Waals surface area contributed by atoms with Gasteiger partial charge >= 0.3 is 5.97 Å². The van der Waals surface area contributed by atoms with Crippen molar-refractivity contribution in [2.24, 2.45) is 17.3 Å². The Balaban J connectivity index is 1.20. The van der Waals surface area contributed by atoms with Gasteiger partial charge in [-0.25, -0.2) is 9.18 Å². The maximum Gasteiger partial charge on any atom is 0.335 e. The molecule has 0 bridgehead atoms. The van der Waals surface area contributed by atoms with Crippen LogP contribution in [0.3, 0.4) is 0 Å². The molecule has 1 aromatic rings. The molecule has 1 spiro atoms. The molecule has 1 N–H and O–H groups in total. The number of amides is 1. The number of carboxylic acid groups (broad SMARTS) is 1. The quantitative estimate of drug-likeness (QED) is 0.384. The van der Waals surface area contributed by atoms with Crippen LogP contribution in [0.1, 0.15) is 61.9 Å². The third-order valence-corrected chi connectivity index (χ3v) is 8.81. The fourth-order valence-corrected chi connectivity index (χ4v) is 6.78. The molecule has 2 aliphatic carbocycles. The molecule has 4 aliphatic rings. The van der Waals surface area contributed by atoms with E-state index in [1.807, 2.05) is 30.9 Å². The van der Waals surface area contributed by atoms with Crippen molar-refractivity contribution in [3.05, 3.63) is 82.6 Å². The summed E-state index contributed by atoms with van der Waals surface area (Å²) in [5, 5.41) is 9.30. The van der Waals surface area contributed by atoms with E-state index in [4.69, 9.17) is 9.47 Å². The highest BCUT2D eigenvalue weighted by atomic mass is 19.1. The summed E-state index contributed by atoms with van der Waals surface area (Å²) in [5.74, 6) is 1.10. The molecular weight excluding hydrogens is 523 g/mol. The summed E-state index contributed by atoms with van der Waals surface area (Å²) in [4.78, 5) is 28.7. The predicted octanol–water partition coefficient (Wildman–Crippen LogP) is 5.86. The van der Waals surface area contributed by atoms with E-state index < -0.39 is 5.97 Å². The van der Waals surface area contributed by atoms with Crippen LogP contribution in [0.5, 0.6) is 0 Å². The van der Waals surface area contributed by atoms with E-state index in [0.717, 1.165) is 68.1 Å². The fourth-order valence-electron chi connectivity index (χ4n) is 6.78. The van der Waals surface area contributed by atoms with Crippen molar-refractivity contribution in [1.82, 2.24) is 9.80 Å². The van der Waals surface area contributed by atoms with Gasteiger partial charge in [0.25, 0.3) is 0 Å². The third kappa shape index (κ3) is 6.75. The zero-order valence-electron chi connectivity index (χ0n) is 24.1. The standard InChI is InChI=1S/C33H41FN2O5/c1-3-40-28-17-24(18-29(41-4-2)31(28)25-8-10-27(34)11-9-25)20-35-14-12-33(13-15-35)19-30(37)36(22-33)21-23-6-5-7-26(16-23)32(38)39/h5-8,10-11,16-17,24-25H,3-4,9,12-15,18-22H2,1-2H3,(H,38,39). The first-order valence-corrected chi connectivity index (χ1v) is 14.9. The van der Waals surface area contributed by atoms with Crippen LogP contribution in [0.25, 0.3) is 0 Å².